The van der Waals surface area contributed by atoms with Crippen molar-refractivity contribution in [3.8, 4) is 0 Å². The van der Waals surface area contributed by atoms with Crippen molar-refractivity contribution >= 4 is 11.8 Å². The molecule has 1 aliphatic heterocycles. The summed E-state index contributed by atoms with van der Waals surface area (Å²) in [6, 6.07) is 10.4. The predicted octanol–water partition coefficient (Wildman–Crippen LogP) is 2.59. The fourth-order valence-corrected chi connectivity index (χ4v) is 3.44. The highest BCUT2D eigenvalue weighted by Gasteiger charge is 2.21. The smallest absolute Gasteiger partial charge is 0.239 e. The predicted molar refractivity (Wildman–Crippen MR) is 100 cm³/mol. The lowest BCUT2D eigenvalue weighted by Gasteiger charge is -2.30. The Morgan fingerprint density at radius 3 is 2.56 bits per heavy atom. The average Bonchev–Trinajstić information content (AvgIpc) is 2.84. The standard InChI is InChI=1S/C20H31N3O2/c1-3-22(4-2)18(17-11-7-5-8-12-17)15-21-19(24)16-23-14-10-6-9-13-20(23)25/h5,7-8,11-12,18H,3-4,6,9-10,13-16H2,1-2H3,(H,21,24). The Hall–Kier alpha value is -1.88. The van der Waals surface area contributed by atoms with Crippen molar-refractivity contribution in [1.29, 1.82) is 0 Å². The van der Waals surface area contributed by atoms with Gasteiger partial charge in [0.25, 0.3) is 0 Å². The van der Waals surface area contributed by atoms with E-state index in [1.54, 1.807) is 4.90 Å². The Morgan fingerprint density at radius 1 is 1.16 bits per heavy atom. The van der Waals surface area contributed by atoms with Gasteiger partial charge in [-0.25, -0.2) is 0 Å². The molecule has 1 aromatic carbocycles. The Labute approximate surface area is 151 Å². The van der Waals surface area contributed by atoms with Crippen molar-refractivity contribution in [3.05, 3.63) is 35.9 Å². The molecule has 5 heteroatoms. The van der Waals surface area contributed by atoms with Crippen molar-refractivity contribution in [2.45, 2.75) is 45.6 Å². The lowest BCUT2D eigenvalue weighted by atomic mass is 10.1. The van der Waals surface area contributed by atoms with Gasteiger partial charge in [0.15, 0.2) is 0 Å². The minimum absolute atomic E-state index is 0.0664. The summed E-state index contributed by atoms with van der Waals surface area (Å²) >= 11 is 0. The van der Waals surface area contributed by atoms with Crippen molar-refractivity contribution in [2.75, 3.05) is 32.7 Å². The molecule has 0 radical (unpaired) electrons. The summed E-state index contributed by atoms with van der Waals surface area (Å²) in [4.78, 5) is 28.5. The molecular weight excluding hydrogens is 314 g/mol. The molecule has 2 rings (SSSR count). The molecule has 2 amide bonds. The Bertz CT molecular complexity index is 543. The van der Waals surface area contributed by atoms with Crippen molar-refractivity contribution in [2.24, 2.45) is 0 Å². The number of likely N-dealkylation sites (tertiary alicyclic amines) is 1. The molecule has 1 aromatic rings. The van der Waals surface area contributed by atoms with Gasteiger partial charge >= 0.3 is 0 Å². The van der Waals surface area contributed by atoms with Crippen LogP contribution in [0.3, 0.4) is 0 Å². The van der Waals surface area contributed by atoms with Gasteiger partial charge in [-0.15, -0.1) is 0 Å². The SMILES string of the molecule is CCN(CC)C(CNC(=O)CN1CCCCCC1=O)c1ccccc1. The quantitative estimate of drug-likeness (QED) is 0.788. The monoisotopic (exact) mass is 345 g/mol. The third kappa shape index (κ3) is 5.85. The third-order valence-corrected chi connectivity index (χ3v) is 4.94. The van der Waals surface area contributed by atoms with Crippen LogP contribution in [-0.2, 0) is 9.59 Å². The van der Waals surface area contributed by atoms with Crippen molar-refractivity contribution < 1.29 is 9.59 Å². The highest BCUT2D eigenvalue weighted by molar-refractivity contribution is 5.84. The zero-order chi connectivity index (χ0) is 18.1. The second-order valence-corrected chi connectivity index (χ2v) is 6.58. The molecule has 1 unspecified atom stereocenters. The van der Waals surface area contributed by atoms with Crippen molar-refractivity contribution in [3.63, 3.8) is 0 Å². The van der Waals surface area contributed by atoms with Crippen LogP contribution in [0.4, 0.5) is 0 Å². The lowest BCUT2D eigenvalue weighted by molar-refractivity contribution is -0.135. The Morgan fingerprint density at radius 2 is 1.88 bits per heavy atom. The van der Waals surface area contributed by atoms with E-state index in [9.17, 15) is 9.59 Å². The van der Waals surface area contributed by atoms with Crippen LogP contribution in [0, 0.1) is 0 Å². The number of nitrogens with one attached hydrogen (secondary N) is 1. The van der Waals surface area contributed by atoms with Gasteiger partial charge in [-0.3, -0.25) is 14.5 Å². The number of hydrogen-bond donors (Lipinski definition) is 1. The first-order valence-corrected chi connectivity index (χ1v) is 9.49. The molecule has 5 nitrogen and oxygen atoms in total. The first-order chi connectivity index (χ1) is 12.2. The number of nitrogens with zero attached hydrogens (tertiary/aromatic N) is 2. The van der Waals surface area contributed by atoms with Gasteiger partial charge < -0.3 is 10.2 Å². The summed E-state index contributed by atoms with van der Waals surface area (Å²) in [6.07, 6.45) is 3.57. The molecule has 25 heavy (non-hydrogen) atoms. The van der Waals surface area contributed by atoms with Crippen LogP contribution in [0.15, 0.2) is 30.3 Å². The maximum atomic E-state index is 12.4. The first kappa shape index (κ1) is 19.4. The molecule has 0 bridgehead atoms. The van der Waals surface area contributed by atoms with Crippen LogP contribution in [0.5, 0.6) is 0 Å². The molecule has 0 saturated carbocycles. The van der Waals surface area contributed by atoms with Crippen LogP contribution >= 0.6 is 0 Å². The van der Waals surface area contributed by atoms with E-state index in [1.165, 1.54) is 5.56 Å². The molecule has 0 aliphatic carbocycles. The van der Waals surface area contributed by atoms with Crippen LogP contribution in [0.1, 0.15) is 51.1 Å². The molecule has 1 atom stereocenters. The third-order valence-electron chi connectivity index (χ3n) is 4.94. The summed E-state index contributed by atoms with van der Waals surface area (Å²) < 4.78 is 0. The van der Waals surface area contributed by atoms with Gasteiger partial charge in [0.05, 0.1) is 12.6 Å². The molecule has 0 spiro atoms. The molecule has 1 fully saturated rings. The maximum Gasteiger partial charge on any atom is 0.239 e. The van der Waals surface area contributed by atoms with Gasteiger partial charge in [0.2, 0.25) is 11.8 Å². The zero-order valence-corrected chi connectivity index (χ0v) is 15.5. The van der Waals surface area contributed by atoms with E-state index in [0.717, 1.165) is 32.4 Å². The van der Waals surface area contributed by atoms with E-state index in [1.807, 2.05) is 18.2 Å². The van der Waals surface area contributed by atoms with E-state index >= 15 is 0 Å². The normalized spacial score (nSPS) is 16.6. The average molecular weight is 345 g/mol. The first-order valence-electron chi connectivity index (χ1n) is 9.49. The molecule has 0 aromatic heterocycles. The Balaban J connectivity index is 1.95. The van der Waals surface area contributed by atoms with Gasteiger partial charge in [-0.05, 0) is 31.5 Å². The summed E-state index contributed by atoms with van der Waals surface area (Å²) in [5, 5.41) is 3.04. The zero-order valence-electron chi connectivity index (χ0n) is 15.5. The number of amides is 2. The molecular formula is C20H31N3O2. The van der Waals surface area contributed by atoms with Gasteiger partial charge in [-0.2, -0.15) is 0 Å². The van der Waals surface area contributed by atoms with Gasteiger partial charge in [0, 0.05) is 19.5 Å². The van der Waals surface area contributed by atoms with Crippen LogP contribution < -0.4 is 5.32 Å². The summed E-state index contributed by atoms with van der Waals surface area (Å²) in [6.45, 7) is 7.57. The van der Waals surface area contributed by atoms with E-state index in [-0.39, 0.29) is 24.4 Å². The fraction of sp³-hybridized carbons (Fsp3) is 0.600. The highest BCUT2D eigenvalue weighted by atomic mass is 16.2. The van der Waals surface area contributed by atoms with Gasteiger partial charge in [-0.1, -0.05) is 50.6 Å². The number of likely N-dealkylation sites (N-methyl/N-ethyl adjacent to an activating group) is 1. The lowest BCUT2D eigenvalue weighted by Crippen LogP contribution is -2.43. The van der Waals surface area contributed by atoms with E-state index in [4.69, 9.17) is 0 Å². The second-order valence-electron chi connectivity index (χ2n) is 6.58. The van der Waals surface area contributed by atoms with E-state index in [0.29, 0.717) is 19.5 Å². The van der Waals surface area contributed by atoms with Crippen LogP contribution in [0.25, 0.3) is 0 Å². The van der Waals surface area contributed by atoms with Gasteiger partial charge in [0.1, 0.15) is 0 Å². The number of benzene rings is 1. The molecule has 1 N–H and O–H groups in total. The maximum absolute atomic E-state index is 12.4. The molecule has 1 heterocycles. The number of carbonyl (C=O) groups excluding carboxylic acids is 2. The minimum Gasteiger partial charge on any atom is -0.353 e. The largest absolute Gasteiger partial charge is 0.353 e. The summed E-state index contributed by atoms with van der Waals surface area (Å²) in [5.41, 5.74) is 1.21. The number of carbonyl (C=O) groups is 2. The van der Waals surface area contributed by atoms with E-state index < -0.39 is 0 Å². The summed E-state index contributed by atoms with van der Waals surface area (Å²) in [5.74, 6) is 0.0411. The molecule has 1 saturated heterocycles. The van der Waals surface area contributed by atoms with Crippen LogP contribution in [0.2, 0.25) is 0 Å². The highest BCUT2D eigenvalue weighted by Crippen LogP contribution is 2.19. The molecule has 1 aliphatic rings. The minimum atomic E-state index is -0.0664. The Kier molecular flexibility index (Phi) is 7.92. The second kappa shape index (κ2) is 10.2. The topological polar surface area (TPSA) is 52.7 Å². The van der Waals surface area contributed by atoms with Crippen molar-refractivity contribution in [1.82, 2.24) is 15.1 Å². The van der Waals surface area contributed by atoms with Crippen LogP contribution in [-0.4, -0.2) is 54.3 Å². The molecule has 138 valence electrons. The van der Waals surface area contributed by atoms with E-state index in [2.05, 4.69) is 36.2 Å². The number of hydrogen-bond acceptors (Lipinski definition) is 3. The fourth-order valence-electron chi connectivity index (χ4n) is 3.44. The summed E-state index contributed by atoms with van der Waals surface area (Å²) in [7, 11) is 0. The number of rotatable bonds is 8.